The summed E-state index contributed by atoms with van der Waals surface area (Å²) in [5.41, 5.74) is 0.828. The van der Waals surface area contributed by atoms with Gasteiger partial charge in [0.1, 0.15) is 12.4 Å². The molecule has 17 heavy (non-hydrogen) atoms. The van der Waals surface area contributed by atoms with Gasteiger partial charge in [-0.25, -0.2) is 4.98 Å². The molecule has 1 aromatic carbocycles. The van der Waals surface area contributed by atoms with E-state index in [-0.39, 0.29) is 11.6 Å². The number of nitrogens with one attached hydrogen (secondary N) is 2. The SMILES string of the molecule is O=c1[nH]ccnc1NC1COc2ccccc21. The van der Waals surface area contributed by atoms with Gasteiger partial charge < -0.3 is 15.0 Å². The average molecular weight is 229 g/mol. The number of fused-ring (bicyclic) bond motifs is 1. The van der Waals surface area contributed by atoms with Crippen molar-refractivity contribution < 1.29 is 4.74 Å². The van der Waals surface area contributed by atoms with E-state index in [4.69, 9.17) is 4.74 Å². The predicted molar refractivity (Wildman–Crippen MR) is 63.2 cm³/mol. The molecule has 5 nitrogen and oxygen atoms in total. The van der Waals surface area contributed by atoms with Crippen molar-refractivity contribution in [3.63, 3.8) is 0 Å². The first-order valence-electron chi connectivity index (χ1n) is 5.36. The fourth-order valence-corrected chi connectivity index (χ4v) is 1.90. The Hall–Kier alpha value is -2.30. The number of aromatic amines is 1. The maximum Gasteiger partial charge on any atom is 0.290 e. The summed E-state index contributed by atoms with van der Waals surface area (Å²) in [5.74, 6) is 1.18. The van der Waals surface area contributed by atoms with Gasteiger partial charge in [-0.3, -0.25) is 4.79 Å². The van der Waals surface area contributed by atoms with Crippen molar-refractivity contribution in [2.24, 2.45) is 0 Å². The highest BCUT2D eigenvalue weighted by atomic mass is 16.5. The Morgan fingerprint density at radius 2 is 2.29 bits per heavy atom. The summed E-state index contributed by atoms with van der Waals surface area (Å²) in [7, 11) is 0. The molecule has 2 N–H and O–H groups in total. The summed E-state index contributed by atoms with van der Waals surface area (Å²) in [4.78, 5) is 18.1. The van der Waals surface area contributed by atoms with Crippen LogP contribution in [0.3, 0.4) is 0 Å². The molecule has 0 radical (unpaired) electrons. The van der Waals surface area contributed by atoms with E-state index in [0.29, 0.717) is 12.4 Å². The number of hydrogen-bond acceptors (Lipinski definition) is 4. The van der Waals surface area contributed by atoms with Gasteiger partial charge in [0.25, 0.3) is 5.56 Å². The first kappa shape index (κ1) is 9.89. The van der Waals surface area contributed by atoms with Crippen LogP contribution in [0.1, 0.15) is 11.6 Å². The Balaban J connectivity index is 1.89. The van der Waals surface area contributed by atoms with Gasteiger partial charge in [-0.05, 0) is 6.07 Å². The van der Waals surface area contributed by atoms with Gasteiger partial charge in [0.2, 0.25) is 0 Å². The van der Waals surface area contributed by atoms with Crippen LogP contribution in [0.25, 0.3) is 0 Å². The summed E-state index contributed by atoms with van der Waals surface area (Å²) in [6.07, 6.45) is 3.05. The zero-order chi connectivity index (χ0) is 11.7. The molecule has 0 aliphatic carbocycles. The van der Waals surface area contributed by atoms with Crippen molar-refractivity contribution >= 4 is 5.82 Å². The molecule has 3 rings (SSSR count). The lowest BCUT2D eigenvalue weighted by molar-refractivity contribution is 0.339. The zero-order valence-corrected chi connectivity index (χ0v) is 9.01. The predicted octanol–water partition coefficient (Wildman–Crippen LogP) is 1.32. The molecule has 0 saturated heterocycles. The molecule has 0 fully saturated rings. The first-order valence-corrected chi connectivity index (χ1v) is 5.36. The Bertz CT molecular complexity index is 594. The monoisotopic (exact) mass is 229 g/mol. The fourth-order valence-electron chi connectivity index (χ4n) is 1.90. The van der Waals surface area contributed by atoms with Crippen LogP contribution in [-0.4, -0.2) is 16.6 Å². The van der Waals surface area contributed by atoms with Crippen LogP contribution in [-0.2, 0) is 0 Å². The average Bonchev–Trinajstić information content (AvgIpc) is 2.76. The summed E-state index contributed by atoms with van der Waals surface area (Å²) >= 11 is 0. The fraction of sp³-hybridized carbons (Fsp3) is 0.167. The Morgan fingerprint density at radius 3 is 3.18 bits per heavy atom. The maximum atomic E-state index is 11.5. The van der Waals surface area contributed by atoms with E-state index in [1.807, 2.05) is 24.3 Å². The highest BCUT2D eigenvalue weighted by Crippen LogP contribution is 2.33. The third kappa shape index (κ3) is 1.75. The van der Waals surface area contributed by atoms with Gasteiger partial charge in [-0.15, -0.1) is 0 Å². The number of rotatable bonds is 2. The second kappa shape index (κ2) is 3.93. The number of aromatic nitrogens is 2. The second-order valence-corrected chi connectivity index (χ2v) is 3.81. The Morgan fingerprint density at radius 1 is 1.41 bits per heavy atom. The first-order chi connectivity index (χ1) is 8.34. The number of nitrogens with zero attached hydrogens (tertiary/aromatic N) is 1. The van der Waals surface area contributed by atoms with Gasteiger partial charge in [0.05, 0.1) is 6.04 Å². The van der Waals surface area contributed by atoms with Crippen molar-refractivity contribution in [2.45, 2.75) is 6.04 Å². The van der Waals surface area contributed by atoms with Crippen LogP contribution in [0.15, 0.2) is 41.5 Å². The lowest BCUT2D eigenvalue weighted by Crippen LogP contribution is -2.20. The molecule has 2 heterocycles. The largest absolute Gasteiger partial charge is 0.491 e. The molecular weight excluding hydrogens is 218 g/mol. The maximum absolute atomic E-state index is 11.5. The van der Waals surface area contributed by atoms with Gasteiger partial charge >= 0.3 is 0 Å². The zero-order valence-electron chi connectivity index (χ0n) is 9.01. The molecule has 0 amide bonds. The molecule has 5 heteroatoms. The number of anilines is 1. The van der Waals surface area contributed by atoms with Crippen molar-refractivity contribution in [1.29, 1.82) is 0 Å². The van der Waals surface area contributed by atoms with Crippen LogP contribution in [0.2, 0.25) is 0 Å². The molecule has 0 bridgehead atoms. The van der Waals surface area contributed by atoms with E-state index in [2.05, 4.69) is 15.3 Å². The molecule has 2 aromatic rings. The molecular formula is C12H11N3O2. The molecule has 86 valence electrons. The van der Waals surface area contributed by atoms with Crippen molar-refractivity contribution in [3.05, 3.63) is 52.6 Å². The smallest absolute Gasteiger partial charge is 0.290 e. The minimum atomic E-state index is -0.225. The molecule has 1 aliphatic rings. The summed E-state index contributed by atoms with van der Waals surface area (Å²) in [6.45, 7) is 0.509. The van der Waals surface area contributed by atoms with E-state index < -0.39 is 0 Å². The Labute approximate surface area is 97.5 Å². The number of ether oxygens (including phenoxy) is 1. The molecule has 0 spiro atoms. The van der Waals surface area contributed by atoms with Gasteiger partial charge in [-0.1, -0.05) is 18.2 Å². The summed E-state index contributed by atoms with van der Waals surface area (Å²) < 4.78 is 5.52. The molecule has 1 atom stereocenters. The van der Waals surface area contributed by atoms with E-state index in [1.54, 1.807) is 6.20 Å². The van der Waals surface area contributed by atoms with Crippen LogP contribution < -0.4 is 15.6 Å². The lowest BCUT2D eigenvalue weighted by Gasteiger charge is -2.10. The standard InChI is InChI=1S/C12H11N3O2/c16-12-11(13-5-6-14-12)15-9-7-17-10-4-2-1-3-8(9)10/h1-6,9H,7H2,(H,13,15)(H,14,16). The normalized spacial score (nSPS) is 17.3. The lowest BCUT2D eigenvalue weighted by atomic mass is 10.1. The van der Waals surface area contributed by atoms with Crippen LogP contribution in [0, 0.1) is 0 Å². The van der Waals surface area contributed by atoms with Crippen LogP contribution in [0.5, 0.6) is 5.75 Å². The number of H-pyrrole nitrogens is 1. The van der Waals surface area contributed by atoms with Crippen LogP contribution in [0.4, 0.5) is 5.82 Å². The van der Waals surface area contributed by atoms with Crippen molar-refractivity contribution in [1.82, 2.24) is 9.97 Å². The van der Waals surface area contributed by atoms with Crippen molar-refractivity contribution in [2.75, 3.05) is 11.9 Å². The van der Waals surface area contributed by atoms with E-state index in [0.717, 1.165) is 11.3 Å². The molecule has 1 unspecified atom stereocenters. The van der Waals surface area contributed by atoms with Gasteiger partial charge in [-0.2, -0.15) is 0 Å². The molecule has 1 aromatic heterocycles. The molecule has 0 saturated carbocycles. The minimum Gasteiger partial charge on any atom is -0.491 e. The quantitative estimate of drug-likeness (QED) is 0.815. The Kier molecular flexibility index (Phi) is 2.29. The van der Waals surface area contributed by atoms with E-state index >= 15 is 0 Å². The number of para-hydroxylation sites is 1. The number of hydrogen-bond donors (Lipinski definition) is 2. The molecule has 1 aliphatic heterocycles. The highest BCUT2D eigenvalue weighted by molar-refractivity contribution is 5.45. The minimum absolute atomic E-state index is 0.0257. The van der Waals surface area contributed by atoms with Crippen LogP contribution >= 0.6 is 0 Å². The third-order valence-corrected chi connectivity index (χ3v) is 2.72. The van der Waals surface area contributed by atoms with Gasteiger partial charge in [0.15, 0.2) is 5.82 Å². The third-order valence-electron chi connectivity index (χ3n) is 2.72. The van der Waals surface area contributed by atoms with E-state index in [1.165, 1.54) is 6.20 Å². The number of benzene rings is 1. The highest BCUT2D eigenvalue weighted by Gasteiger charge is 2.24. The topological polar surface area (TPSA) is 67.0 Å². The van der Waals surface area contributed by atoms with Crippen molar-refractivity contribution in [3.8, 4) is 5.75 Å². The van der Waals surface area contributed by atoms with E-state index in [9.17, 15) is 4.79 Å². The summed E-state index contributed by atoms with van der Waals surface area (Å²) in [5, 5.41) is 3.09. The summed E-state index contributed by atoms with van der Waals surface area (Å²) in [6, 6.07) is 7.75. The van der Waals surface area contributed by atoms with Gasteiger partial charge in [0, 0.05) is 18.0 Å². The second-order valence-electron chi connectivity index (χ2n) is 3.81.